The Morgan fingerprint density at radius 1 is 1.12 bits per heavy atom. The molecule has 1 aliphatic rings. The lowest BCUT2D eigenvalue weighted by Gasteiger charge is -2.06. The fourth-order valence-electron chi connectivity index (χ4n) is 3.22. The number of carbonyl (C=O) groups is 1. The summed E-state index contributed by atoms with van der Waals surface area (Å²) in [6.07, 6.45) is 1.68. The summed E-state index contributed by atoms with van der Waals surface area (Å²) in [5.74, 6) is -0.219. The molecule has 0 spiro atoms. The van der Waals surface area contributed by atoms with E-state index < -0.39 is 0 Å². The van der Waals surface area contributed by atoms with Gasteiger partial charge in [0, 0.05) is 29.4 Å². The van der Waals surface area contributed by atoms with Crippen molar-refractivity contribution >= 4 is 22.6 Å². The number of H-pyrrole nitrogens is 1. The number of aryl methyl sites for hydroxylation is 1. The maximum absolute atomic E-state index is 12.2. The summed E-state index contributed by atoms with van der Waals surface area (Å²) >= 11 is 0. The van der Waals surface area contributed by atoms with Crippen LogP contribution in [0.2, 0.25) is 0 Å². The highest BCUT2D eigenvalue weighted by molar-refractivity contribution is 5.91. The number of esters is 1. The summed E-state index contributed by atoms with van der Waals surface area (Å²) in [5.41, 5.74) is 5.19. The zero-order chi connectivity index (χ0) is 17.8. The molecule has 0 bridgehead atoms. The molecule has 4 rings (SSSR count). The van der Waals surface area contributed by atoms with Gasteiger partial charge in [-0.3, -0.25) is 4.79 Å². The van der Waals surface area contributed by atoms with E-state index in [2.05, 4.69) is 34.4 Å². The van der Waals surface area contributed by atoms with Crippen LogP contribution >= 0.6 is 0 Å². The molecule has 26 heavy (non-hydrogen) atoms. The molecule has 1 aromatic heterocycles. The van der Waals surface area contributed by atoms with Crippen LogP contribution in [0.4, 0.5) is 0 Å². The van der Waals surface area contributed by atoms with E-state index in [0.717, 1.165) is 39.9 Å². The van der Waals surface area contributed by atoms with Gasteiger partial charge < -0.3 is 14.6 Å². The molecule has 0 atom stereocenters. The largest absolute Gasteiger partial charge is 0.459 e. The number of aromatic nitrogens is 1. The predicted molar refractivity (Wildman–Crippen MR) is 101 cm³/mol. The molecule has 3 aromatic rings. The van der Waals surface area contributed by atoms with Gasteiger partial charge in [0.2, 0.25) is 0 Å². The minimum atomic E-state index is -0.219. The van der Waals surface area contributed by atoms with Gasteiger partial charge in [0.15, 0.2) is 0 Å². The van der Waals surface area contributed by atoms with Crippen molar-refractivity contribution in [3.8, 4) is 11.3 Å². The molecule has 0 fully saturated rings. The van der Waals surface area contributed by atoms with Gasteiger partial charge in [-0.05, 0) is 23.6 Å². The Kier molecular flexibility index (Phi) is 4.69. The lowest BCUT2D eigenvalue weighted by Crippen LogP contribution is -2.13. The van der Waals surface area contributed by atoms with E-state index >= 15 is 0 Å². The summed E-state index contributed by atoms with van der Waals surface area (Å²) in [6.45, 7) is 0.793. The third-order valence-corrected chi connectivity index (χ3v) is 4.53. The van der Waals surface area contributed by atoms with Crippen molar-refractivity contribution in [2.75, 3.05) is 13.2 Å². The number of nitrogens with zero attached hydrogens (tertiary/aromatic N) is 1. The molecule has 2 aromatic carbocycles. The maximum atomic E-state index is 12.2. The number of benzene rings is 2. The van der Waals surface area contributed by atoms with Crippen LogP contribution < -0.4 is 0 Å². The number of carbonyl (C=O) groups excluding carboxylic acids is 1. The monoisotopic (exact) mass is 348 g/mol. The first-order valence-electron chi connectivity index (χ1n) is 8.79. The lowest BCUT2D eigenvalue weighted by atomic mass is 10.0. The van der Waals surface area contributed by atoms with Crippen LogP contribution in [0, 0.1) is 0 Å². The number of oxime groups is 1. The molecule has 0 aliphatic carbocycles. The van der Waals surface area contributed by atoms with Crippen molar-refractivity contribution in [2.45, 2.75) is 19.3 Å². The van der Waals surface area contributed by atoms with Crippen LogP contribution in [-0.4, -0.2) is 29.9 Å². The van der Waals surface area contributed by atoms with Crippen molar-refractivity contribution in [3.63, 3.8) is 0 Å². The van der Waals surface area contributed by atoms with Gasteiger partial charge in [-0.2, -0.15) is 0 Å². The predicted octanol–water partition coefficient (Wildman–Crippen LogP) is 4.09. The topological polar surface area (TPSA) is 63.7 Å². The van der Waals surface area contributed by atoms with Crippen molar-refractivity contribution in [1.29, 1.82) is 0 Å². The smallest absolute Gasteiger partial charge is 0.306 e. The molecule has 5 heteroatoms. The van der Waals surface area contributed by atoms with Gasteiger partial charge in [-0.25, -0.2) is 0 Å². The Bertz CT molecular complexity index is 944. The average Bonchev–Trinajstić information content (AvgIpc) is 3.33. The molecule has 0 saturated heterocycles. The number of hydrogen-bond acceptors (Lipinski definition) is 4. The van der Waals surface area contributed by atoms with E-state index in [4.69, 9.17) is 9.57 Å². The quantitative estimate of drug-likeness (QED) is 0.683. The van der Waals surface area contributed by atoms with Crippen molar-refractivity contribution in [1.82, 2.24) is 4.98 Å². The molecule has 0 radical (unpaired) electrons. The van der Waals surface area contributed by atoms with Gasteiger partial charge in [0.25, 0.3) is 0 Å². The van der Waals surface area contributed by atoms with Crippen LogP contribution in [0.3, 0.4) is 0 Å². The van der Waals surface area contributed by atoms with Gasteiger partial charge >= 0.3 is 5.97 Å². The highest BCUT2D eigenvalue weighted by Gasteiger charge is 2.16. The Hall–Kier alpha value is -3.08. The summed E-state index contributed by atoms with van der Waals surface area (Å²) in [4.78, 5) is 20.6. The first-order chi connectivity index (χ1) is 12.8. The summed E-state index contributed by atoms with van der Waals surface area (Å²) in [5, 5.41) is 4.99. The second-order valence-electron chi connectivity index (χ2n) is 6.29. The third-order valence-electron chi connectivity index (χ3n) is 4.53. The second-order valence-corrected chi connectivity index (χ2v) is 6.29. The van der Waals surface area contributed by atoms with E-state index in [1.807, 2.05) is 30.3 Å². The van der Waals surface area contributed by atoms with Crippen molar-refractivity contribution < 1.29 is 14.4 Å². The van der Waals surface area contributed by atoms with Gasteiger partial charge in [-0.1, -0.05) is 53.7 Å². The Labute approximate surface area is 151 Å². The molecule has 5 nitrogen and oxygen atoms in total. The summed E-state index contributed by atoms with van der Waals surface area (Å²) in [7, 11) is 0. The molecule has 1 aliphatic heterocycles. The number of aromatic amines is 1. The van der Waals surface area contributed by atoms with E-state index in [1.54, 1.807) is 0 Å². The first kappa shape index (κ1) is 16.4. The number of fused-ring (bicyclic) bond motifs is 1. The molecule has 0 amide bonds. The molecule has 1 N–H and O–H groups in total. The van der Waals surface area contributed by atoms with Gasteiger partial charge in [-0.15, -0.1) is 0 Å². The van der Waals surface area contributed by atoms with Crippen LogP contribution in [0.5, 0.6) is 0 Å². The second kappa shape index (κ2) is 7.44. The van der Waals surface area contributed by atoms with Crippen LogP contribution in [0.15, 0.2) is 59.8 Å². The van der Waals surface area contributed by atoms with E-state index in [9.17, 15) is 4.79 Å². The highest BCUT2D eigenvalue weighted by Crippen LogP contribution is 2.31. The molecule has 0 saturated carbocycles. The SMILES string of the molecule is O=C(CCc1c(-c2ccccc2)[nH]c2ccccc12)OCC1=NOCC1. The maximum Gasteiger partial charge on any atom is 0.306 e. The standard InChI is InChI=1S/C21H20N2O3/c24-20(25-14-16-12-13-26-23-16)11-10-18-17-8-4-5-9-19(17)22-21(18)15-6-2-1-3-7-15/h1-9,22H,10-14H2. The third kappa shape index (κ3) is 3.47. The van der Waals surface area contributed by atoms with E-state index in [1.165, 1.54) is 0 Å². The fraction of sp³-hybridized carbons (Fsp3) is 0.238. The normalized spacial score (nSPS) is 13.5. The Morgan fingerprint density at radius 2 is 1.92 bits per heavy atom. The number of ether oxygens (including phenoxy) is 1. The lowest BCUT2D eigenvalue weighted by molar-refractivity contribution is -0.141. The zero-order valence-corrected chi connectivity index (χ0v) is 14.4. The van der Waals surface area contributed by atoms with Crippen LogP contribution in [-0.2, 0) is 20.8 Å². The molecular weight excluding hydrogens is 328 g/mol. The van der Waals surface area contributed by atoms with E-state index in [0.29, 0.717) is 19.4 Å². The number of hydrogen-bond donors (Lipinski definition) is 1. The van der Waals surface area contributed by atoms with Crippen molar-refractivity contribution in [2.24, 2.45) is 5.16 Å². The zero-order valence-electron chi connectivity index (χ0n) is 14.4. The number of rotatable bonds is 6. The van der Waals surface area contributed by atoms with Gasteiger partial charge in [0.05, 0.1) is 5.71 Å². The number of para-hydroxylation sites is 1. The first-order valence-corrected chi connectivity index (χ1v) is 8.79. The molecular formula is C21H20N2O3. The number of nitrogens with one attached hydrogen (secondary N) is 1. The fourth-order valence-corrected chi connectivity index (χ4v) is 3.22. The summed E-state index contributed by atoms with van der Waals surface area (Å²) in [6, 6.07) is 18.4. The Morgan fingerprint density at radius 3 is 2.73 bits per heavy atom. The van der Waals surface area contributed by atoms with Crippen LogP contribution in [0.1, 0.15) is 18.4 Å². The molecule has 2 heterocycles. The van der Waals surface area contributed by atoms with E-state index in [-0.39, 0.29) is 12.6 Å². The average molecular weight is 348 g/mol. The Balaban J connectivity index is 1.52. The molecule has 132 valence electrons. The van der Waals surface area contributed by atoms with Crippen LogP contribution in [0.25, 0.3) is 22.2 Å². The highest BCUT2D eigenvalue weighted by atomic mass is 16.6. The minimum absolute atomic E-state index is 0.219. The minimum Gasteiger partial charge on any atom is -0.459 e. The van der Waals surface area contributed by atoms with Crippen molar-refractivity contribution in [3.05, 3.63) is 60.2 Å². The molecule has 0 unspecified atom stereocenters. The van der Waals surface area contributed by atoms with Gasteiger partial charge in [0.1, 0.15) is 13.2 Å². The summed E-state index contributed by atoms with van der Waals surface area (Å²) < 4.78 is 5.32.